The predicted molar refractivity (Wildman–Crippen MR) is 77.1 cm³/mol. The number of nitrogens with one attached hydrogen (secondary N) is 1. The Bertz CT molecular complexity index is 308. The number of hydrogen-bond acceptors (Lipinski definition) is 4. The lowest BCUT2D eigenvalue weighted by molar-refractivity contribution is 0.0145. The van der Waals surface area contributed by atoms with E-state index in [0.29, 0.717) is 6.10 Å². The van der Waals surface area contributed by atoms with Gasteiger partial charge in [-0.05, 0) is 31.2 Å². The van der Waals surface area contributed by atoms with Gasteiger partial charge in [-0.15, -0.1) is 11.3 Å². The molecule has 0 amide bonds. The normalized spacial score (nSPS) is 18.3. The van der Waals surface area contributed by atoms with E-state index in [1.807, 2.05) is 11.3 Å². The highest BCUT2D eigenvalue weighted by molar-refractivity contribution is 7.09. The molecule has 0 radical (unpaired) electrons. The van der Waals surface area contributed by atoms with Crippen LogP contribution in [0.1, 0.15) is 24.6 Å². The van der Waals surface area contributed by atoms with Gasteiger partial charge in [-0.1, -0.05) is 6.07 Å². The molecule has 1 N–H and O–H groups in total. The second-order valence-electron chi connectivity index (χ2n) is 4.75. The molecule has 2 rings (SSSR count). The molecule has 1 aromatic heterocycles. The summed E-state index contributed by atoms with van der Waals surface area (Å²) in [7, 11) is 0. The molecule has 1 saturated heterocycles. The van der Waals surface area contributed by atoms with Crippen LogP contribution < -0.4 is 5.32 Å². The number of thiophene rings is 1. The van der Waals surface area contributed by atoms with E-state index in [9.17, 15) is 0 Å². The highest BCUT2D eigenvalue weighted by Gasteiger charge is 2.18. The van der Waals surface area contributed by atoms with Gasteiger partial charge in [-0.3, -0.25) is 0 Å². The van der Waals surface area contributed by atoms with E-state index in [4.69, 9.17) is 4.74 Å². The summed E-state index contributed by atoms with van der Waals surface area (Å²) in [6, 6.07) is 4.30. The molecule has 0 aliphatic carbocycles. The maximum atomic E-state index is 5.66. The fraction of sp³-hybridized carbons (Fsp3) is 0.714. The average Bonchev–Trinajstić information content (AvgIpc) is 2.90. The van der Waals surface area contributed by atoms with Gasteiger partial charge in [-0.2, -0.15) is 0 Å². The van der Waals surface area contributed by atoms with Gasteiger partial charge in [0.2, 0.25) is 0 Å². The largest absolute Gasteiger partial charge is 0.378 e. The Labute approximate surface area is 114 Å². The Morgan fingerprint density at radius 2 is 2.28 bits per heavy atom. The summed E-state index contributed by atoms with van der Waals surface area (Å²) in [5, 5.41) is 5.64. The molecule has 1 aromatic rings. The number of likely N-dealkylation sites (tertiary alicyclic amines) is 1. The molecule has 0 aromatic carbocycles. The molecule has 0 bridgehead atoms. The minimum absolute atomic E-state index is 0.505. The van der Waals surface area contributed by atoms with Crippen LogP contribution in [0, 0.1) is 0 Å². The quantitative estimate of drug-likeness (QED) is 0.768. The van der Waals surface area contributed by atoms with Gasteiger partial charge >= 0.3 is 0 Å². The number of hydrogen-bond donors (Lipinski definition) is 1. The Morgan fingerprint density at radius 1 is 1.44 bits per heavy atom. The molecule has 3 nitrogen and oxygen atoms in total. The van der Waals surface area contributed by atoms with E-state index in [2.05, 4.69) is 34.7 Å². The molecule has 0 atom stereocenters. The molecule has 0 saturated carbocycles. The Hall–Kier alpha value is -0.420. The van der Waals surface area contributed by atoms with Crippen molar-refractivity contribution >= 4 is 11.3 Å². The van der Waals surface area contributed by atoms with Crippen LogP contribution in [0.3, 0.4) is 0 Å². The molecule has 1 aliphatic heterocycles. The average molecular weight is 268 g/mol. The van der Waals surface area contributed by atoms with E-state index in [1.54, 1.807) is 0 Å². The second kappa shape index (κ2) is 7.89. The number of rotatable bonds is 7. The van der Waals surface area contributed by atoms with Crippen molar-refractivity contribution in [2.75, 3.05) is 32.8 Å². The van der Waals surface area contributed by atoms with E-state index in [0.717, 1.165) is 26.2 Å². The van der Waals surface area contributed by atoms with Crippen molar-refractivity contribution in [3.05, 3.63) is 22.4 Å². The van der Waals surface area contributed by atoms with Crippen LogP contribution in [-0.2, 0) is 11.3 Å². The Kier molecular flexibility index (Phi) is 6.14. The second-order valence-corrected chi connectivity index (χ2v) is 5.78. The minimum atomic E-state index is 0.505. The molecule has 1 fully saturated rings. The Morgan fingerprint density at radius 3 is 2.94 bits per heavy atom. The molecule has 18 heavy (non-hydrogen) atoms. The summed E-state index contributed by atoms with van der Waals surface area (Å²) >= 11 is 1.82. The third-order valence-electron chi connectivity index (χ3n) is 3.42. The highest BCUT2D eigenvalue weighted by Crippen LogP contribution is 2.13. The fourth-order valence-electron chi connectivity index (χ4n) is 2.40. The van der Waals surface area contributed by atoms with E-state index < -0.39 is 0 Å². The highest BCUT2D eigenvalue weighted by atomic mass is 32.1. The van der Waals surface area contributed by atoms with Gasteiger partial charge in [0.15, 0.2) is 0 Å². The number of nitrogens with zero attached hydrogens (tertiary/aromatic N) is 1. The van der Waals surface area contributed by atoms with Crippen molar-refractivity contribution in [1.82, 2.24) is 10.2 Å². The zero-order valence-corrected chi connectivity index (χ0v) is 12.0. The lowest BCUT2D eigenvalue weighted by Gasteiger charge is -2.31. The van der Waals surface area contributed by atoms with Gasteiger partial charge in [0, 0.05) is 44.2 Å². The van der Waals surface area contributed by atoms with Crippen LogP contribution in [0.2, 0.25) is 0 Å². The summed E-state index contributed by atoms with van der Waals surface area (Å²) in [4.78, 5) is 3.96. The van der Waals surface area contributed by atoms with Crippen molar-refractivity contribution < 1.29 is 4.74 Å². The zero-order valence-electron chi connectivity index (χ0n) is 11.2. The first-order valence-electron chi connectivity index (χ1n) is 6.95. The van der Waals surface area contributed by atoms with E-state index in [-0.39, 0.29) is 0 Å². The third-order valence-corrected chi connectivity index (χ3v) is 4.30. The lowest BCUT2D eigenvalue weighted by Crippen LogP contribution is -2.40. The number of ether oxygens (including phenoxy) is 1. The summed E-state index contributed by atoms with van der Waals surface area (Å²) in [5.41, 5.74) is 0. The molecule has 102 valence electrons. The van der Waals surface area contributed by atoms with E-state index >= 15 is 0 Å². The summed E-state index contributed by atoms with van der Waals surface area (Å²) in [6.07, 6.45) is 2.89. The predicted octanol–water partition coefficient (Wildman–Crippen LogP) is 2.34. The topological polar surface area (TPSA) is 24.5 Å². The first kappa shape index (κ1) is 14.0. The van der Waals surface area contributed by atoms with Crippen molar-refractivity contribution in [2.24, 2.45) is 0 Å². The van der Waals surface area contributed by atoms with Crippen LogP contribution >= 0.6 is 11.3 Å². The van der Waals surface area contributed by atoms with Crippen molar-refractivity contribution in [1.29, 1.82) is 0 Å². The summed E-state index contributed by atoms with van der Waals surface area (Å²) in [6.45, 7) is 8.55. The first-order valence-corrected chi connectivity index (χ1v) is 7.83. The SMILES string of the molecule is CCOC1CCN(CCNCc2cccs2)CC1. The standard InChI is InChI=1S/C14H24N2OS/c1-2-17-13-5-8-16(9-6-13)10-7-15-12-14-4-3-11-18-14/h3-4,11,13,15H,2,5-10,12H2,1H3. The van der Waals surface area contributed by atoms with Crippen LogP contribution in [0.25, 0.3) is 0 Å². The third kappa shape index (κ3) is 4.69. The number of piperidine rings is 1. The molecule has 1 aliphatic rings. The molecule has 4 heteroatoms. The maximum Gasteiger partial charge on any atom is 0.0599 e. The zero-order chi connectivity index (χ0) is 12.6. The molecule has 2 heterocycles. The fourth-order valence-corrected chi connectivity index (χ4v) is 3.07. The van der Waals surface area contributed by atoms with Crippen LogP contribution in [0.15, 0.2) is 17.5 Å². The smallest absolute Gasteiger partial charge is 0.0599 e. The molecular formula is C14H24N2OS. The monoisotopic (exact) mass is 268 g/mol. The van der Waals surface area contributed by atoms with Gasteiger partial charge < -0.3 is 15.0 Å². The molecule has 0 spiro atoms. The molecular weight excluding hydrogens is 244 g/mol. The first-order chi connectivity index (χ1) is 8.88. The minimum Gasteiger partial charge on any atom is -0.378 e. The van der Waals surface area contributed by atoms with Crippen LogP contribution in [0.4, 0.5) is 0 Å². The van der Waals surface area contributed by atoms with Gasteiger partial charge in [0.1, 0.15) is 0 Å². The van der Waals surface area contributed by atoms with Gasteiger partial charge in [0.25, 0.3) is 0 Å². The van der Waals surface area contributed by atoms with E-state index in [1.165, 1.54) is 30.8 Å². The summed E-state index contributed by atoms with van der Waals surface area (Å²) in [5.74, 6) is 0. The summed E-state index contributed by atoms with van der Waals surface area (Å²) < 4.78 is 5.66. The maximum absolute atomic E-state index is 5.66. The van der Waals surface area contributed by atoms with Crippen molar-refractivity contribution in [3.63, 3.8) is 0 Å². The lowest BCUT2D eigenvalue weighted by atomic mass is 10.1. The Balaban J connectivity index is 1.53. The van der Waals surface area contributed by atoms with Gasteiger partial charge in [0.05, 0.1) is 6.10 Å². The van der Waals surface area contributed by atoms with Crippen molar-refractivity contribution in [2.45, 2.75) is 32.4 Å². The van der Waals surface area contributed by atoms with Gasteiger partial charge in [-0.25, -0.2) is 0 Å². The van der Waals surface area contributed by atoms with Crippen LogP contribution in [-0.4, -0.2) is 43.8 Å². The van der Waals surface area contributed by atoms with Crippen molar-refractivity contribution in [3.8, 4) is 0 Å². The molecule has 0 unspecified atom stereocenters. The van der Waals surface area contributed by atoms with Crippen LogP contribution in [0.5, 0.6) is 0 Å².